The van der Waals surface area contributed by atoms with Crippen molar-refractivity contribution in [1.29, 1.82) is 0 Å². The first-order valence-corrected chi connectivity index (χ1v) is 8.13. The summed E-state index contributed by atoms with van der Waals surface area (Å²) in [4.78, 5) is 10.9. The molecule has 0 atom stereocenters. The van der Waals surface area contributed by atoms with E-state index in [-0.39, 0.29) is 23.7 Å². The van der Waals surface area contributed by atoms with E-state index >= 15 is 0 Å². The predicted octanol–water partition coefficient (Wildman–Crippen LogP) is 4.05. The molecule has 0 spiro atoms. The lowest BCUT2D eigenvalue weighted by Gasteiger charge is -2.10. The van der Waals surface area contributed by atoms with Gasteiger partial charge in [0, 0.05) is 6.07 Å². The Kier molecular flexibility index (Phi) is 5.17. The van der Waals surface area contributed by atoms with Crippen LogP contribution >= 0.6 is 0 Å². The highest BCUT2D eigenvalue weighted by molar-refractivity contribution is 5.90. The molecule has 0 saturated heterocycles. The van der Waals surface area contributed by atoms with Gasteiger partial charge in [-0.05, 0) is 47.0 Å². The van der Waals surface area contributed by atoms with Crippen LogP contribution in [0.15, 0.2) is 60.7 Å². The molecule has 3 aromatic carbocycles. The maximum atomic E-state index is 10.9. The Morgan fingerprint density at radius 1 is 0.926 bits per heavy atom. The smallest absolute Gasteiger partial charge is 0.339 e. The SMILES string of the molecule is COc1cc(-c2cccc(COc3ccc(C(=O)O)c(O)c3)c2)ccc1O. The molecule has 0 radical (unpaired) electrons. The molecule has 138 valence electrons. The number of benzene rings is 3. The van der Waals surface area contributed by atoms with Gasteiger partial charge >= 0.3 is 5.97 Å². The van der Waals surface area contributed by atoms with Crippen molar-refractivity contribution in [3.05, 3.63) is 71.8 Å². The minimum Gasteiger partial charge on any atom is -0.507 e. The molecule has 6 nitrogen and oxygen atoms in total. The second kappa shape index (κ2) is 7.70. The van der Waals surface area contributed by atoms with Crippen molar-refractivity contribution in [1.82, 2.24) is 0 Å². The van der Waals surface area contributed by atoms with Gasteiger partial charge in [0.05, 0.1) is 7.11 Å². The molecule has 0 unspecified atom stereocenters. The number of aromatic hydroxyl groups is 2. The summed E-state index contributed by atoms with van der Waals surface area (Å²) in [6, 6.07) is 16.8. The first-order chi connectivity index (χ1) is 13.0. The molecule has 0 aliphatic carbocycles. The maximum absolute atomic E-state index is 10.9. The third-order valence-corrected chi connectivity index (χ3v) is 4.05. The molecule has 0 aromatic heterocycles. The van der Waals surface area contributed by atoms with E-state index in [4.69, 9.17) is 14.6 Å². The van der Waals surface area contributed by atoms with Gasteiger partial charge in [0.1, 0.15) is 23.7 Å². The molecular weight excluding hydrogens is 348 g/mol. The number of hydrogen-bond acceptors (Lipinski definition) is 5. The van der Waals surface area contributed by atoms with Gasteiger partial charge in [0.25, 0.3) is 0 Å². The number of hydrogen-bond donors (Lipinski definition) is 3. The summed E-state index contributed by atoms with van der Waals surface area (Å²) in [7, 11) is 1.49. The summed E-state index contributed by atoms with van der Waals surface area (Å²) < 4.78 is 10.8. The van der Waals surface area contributed by atoms with Crippen molar-refractivity contribution in [2.45, 2.75) is 6.61 Å². The highest BCUT2D eigenvalue weighted by Crippen LogP contribution is 2.32. The van der Waals surface area contributed by atoms with Crippen molar-refractivity contribution >= 4 is 5.97 Å². The third kappa shape index (κ3) is 4.12. The Labute approximate surface area is 155 Å². The van der Waals surface area contributed by atoms with Crippen LogP contribution in [0.5, 0.6) is 23.0 Å². The molecular formula is C21H18O6. The van der Waals surface area contributed by atoms with E-state index in [0.717, 1.165) is 16.7 Å². The molecule has 0 bridgehead atoms. The van der Waals surface area contributed by atoms with Crippen LogP contribution in [0.3, 0.4) is 0 Å². The average molecular weight is 366 g/mol. The van der Waals surface area contributed by atoms with Gasteiger partial charge in [-0.3, -0.25) is 0 Å². The minimum absolute atomic E-state index is 0.0744. The Balaban J connectivity index is 1.77. The summed E-state index contributed by atoms with van der Waals surface area (Å²) >= 11 is 0. The fourth-order valence-electron chi connectivity index (χ4n) is 2.65. The number of rotatable bonds is 6. The standard InChI is InChI=1S/C21H18O6/c1-26-20-10-15(5-8-18(20)22)14-4-2-3-13(9-14)12-27-16-6-7-17(21(24)25)19(23)11-16/h2-11,22-23H,12H2,1H3,(H,24,25). The number of carbonyl (C=O) groups is 1. The number of ether oxygens (including phenoxy) is 2. The van der Waals surface area contributed by atoms with Crippen LogP contribution in [0.1, 0.15) is 15.9 Å². The van der Waals surface area contributed by atoms with Gasteiger partial charge in [0.2, 0.25) is 0 Å². The van der Waals surface area contributed by atoms with Gasteiger partial charge in [0.15, 0.2) is 11.5 Å². The molecule has 27 heavy (non-hydrogen) atoms. The van der Waals surface area contributed by atoms with Crippen LogP contribution in [0.25, 0.3) is 11.1 Å². The zero-order chi connectivity index (χ0) is 19.4. The number of aromatic carboxylic acids is 1. The number of phenolic OH excluding ortho intramolecular Hbond substituents is 1. The largest absolute Gasteiger partial charge is 0.507 e. The first-order valence-electron chi connectivity index (χ1n) is 8.13. The maximum Gasteiger partial charge on any atom is 0.339 e. The molecule has 0 aliphatic rings. The van der Waals surface area contributed by atoms with Gasteiger partial charge in [-0.25, -0.2) is 4.79 Å². The fraction of sp³-hybridized carbons (Fsp3) is 0.0952. The molecule has 0 heterocycles. The normalized spacial score (nSPS) is 10.4. The number of phenols is 2. The zero-order valence-corrected chi connectivity index (χ0v) is 14.5. The fourth-order valence-corrected chi connectivity index (χ4v) is 2.65. The number of carboxylic acids is 1. The predicted molar refractivity (Wildman–Crippen MR) is 99.5 cm³/mol. The number of carboxylic acid groups (broad SMARTS) is 1. The zero-order valence-electron chi connectivity index (χ0n) is 14.5. The second-order valence-corrected chi connectivity index (χ2v) is 5.86. The number of methoxy groups -OCH3 is 1. The lowest BCUT2D eigenvalue weighted by Crippen LogP contribution is -1.99. The summed E-state index contributed by atoms with van der Waals surface area (Å²) in [5.41, 5.74) is 2.53. The van der Waals surface area contributed by atoms with Crippen LogP contribution in [-0.2, 0) is 6.61 Å². The van der Waals surface area contributed by atoms with E-state index in [1.54, 1.807) is 18.2 Å². The van der Waals surface area contributed by atoms with Crippen LogP contribution in [0, 0.1) is 0 Å². The summed E-state index contributed by atoms with van der Waals surface area (Å²) in [5.74, 6) is -0.705. The first kappa shape index (κ1) is 18.1. The second-order valence-electron chi connectivity index (χ2n) is 5.86. The van der Waals surface area contributed by atoms with Gasteiger partial charge in [-0.2, -0.15) is 0 Å². The van der Waals surface area contributed by atoms with E-state index in [2.05, 4.69) is 0 Å². The van der Waals surface area contributed by atoms with Crippen LogP contribution < -0.4 is 9.47 Å². The molecule has 0 amide bonds. The van der Waals surface area contributed by atoms with Crippen molar-refractivity contribution < 1.29 is 29.6 Å². The van der Waals surface area contributed by atoms with Crippen LogP contribution in [0.4, 0.5) is 0 Å². The van der Waals surface area contributed by atoms with Crippen molar-refractivity contribution in [3.63, 3.8) is 0 Å². The lowest BCUT2D eigenvalue weighted by molar-refractivity contribution is 0.0693. The quantitative estimate of drug-likeness (QED) is 0.609. The average Bonchev–Trinajstić information content (AvgIpc) is 2.66. The van der Waals surface area contributed by atoms with Gasteiger partial charge < -0.3 is 24.8 Å². The topological polar surface area (TPSA) is 96.2 Å². The monoisotopic (exact) mass is 366 g/mol. The summed E-state index contributed by atoms with van der Waals surface area (Å²) in [6.45, 7) is 0.245. The Morgan fingerprint density at radius 3 is 2.41 bits per heavy atom. The highest BCUT2D eigenvalue weighted by atomic mass is 16.5. The third-order valence-electron chi connectivity index (χ3n) is 4.05. The Morgan fingerprint density at radius 2 is 1.70 bits per heavy atom. The van der Waals surface area contributed by atoms with Crippen molar-refractivity contribution in [2.24, 2.45) is 0 Å². The Bertz CT molecular complexity index is 980. The molecule has 3 N–H and O–H groups in total. The van der Waals surface area contributed by atoms with E-state index in [9.17, 15) is 15.0 Å². The van der Waals surface area contributed by atoms with E-state index in [0.29, 0.717) is 11.5 Å². The molecule has 0 fully saturated rings. The van der Waals surface area contributed by atoms with Crippen molar-refractivity contribution in [3.8, 4) is 34.1 Å². The van der Waals surface area contributed by atoms with E-state index in [1.165, 1.54) is 25.3 Å². The minimum atomic E-state index is -1.20. The summed E-state index contributed by atoms with van der Waals surface area (Å²) in [5, 5.41) is 28.4. The Hall–Kier alpha value is -3.67. The van der Waals surface area contributed by atoms with E-state index in [1.807, 2.05) is 24.3 Å². The highest BCUT2D eigenvalue weighted by Gasteiger charge is 2.10. The molecule has 6 heteroatoms. The van der Waals surface area contributed by atoms with E-state index < -0.39 is 5.97 Å². The lowest BCUT2D eigenvalue weighted by atomic mass is 10.0. The van der Waals surface area contributed by atoms with Gasteiger partial charge in [-0.1, -0.05) is 24.3 Å². The van der Waals surface area contributed by atoms with Crippen LogP contribution in [0.2, 0.25) is 0 Å². The molecule has 3 aromatic rings. The molecule has 0 aliphatic heterocycles. The molecule has 3 rings (SSSR count). The molecule has 0 saturated carbocycles. The van der Waals surface area contributed by atoms with Crippen molar-refractivity contribution in [2.75, 3.05) is 7.11 Å². The summed E-state index contributed by atoms with van der Waals surface area (Å²) in [6.07, 6.45) is 0. The van der Waals surface area contributed by atoms with Crippen LogP contribution in [-0.4, -0.2) is 28.4 Å². The van der Waals surface area contributed by atoms with Gasteiger partial charge in [-0.15, -0.1) is 0 Å².